The van der Waals surface area contributed by atoms with Gasteiger partial charge in [0.25, 0.3) is 0 Å². The smallest absolute Gasteiger partial charge is 0.0651 e. The van der Waals surface area contributed by atoms with Gasteiger partial charge in [-0.2, -0.15) is 0 Å². The fourth-order valence-corrected chi connectivity index (χ4v) is 4.76. The summed E-state index contributed by atoms with van der Waals surface area (Å²) < 4.78 is 0. The van der Waals surface area contributed by atoms with Gasteiger partial charge in [-0.25, -0.2) is 0 Å². The minimum atomic E-state index is -0.653. The van der Waals surface area contributed by atoms with Crippen molar-refractivity contribution in [2.45, 2.75) is 78.4 Å². The summed E-state index contributed by atoms with van der Waals surface area (Å²) in [5.74, 6) is 1.86. The fourth-order valence-electron chi connectivity index (χ4n) is 4.76. The molecule has 0 amide bonds. The lowest BCUT2D eigenvalue weighted by atomic mass is 9.62. The highest BCUT2D eigenvalue weighted by atomic mass is 16.3. The first-order valence-electron chi connectivity index (χ1n) is 8.75. The molecule has 2 N–H and O–H groups in total. The Morgan fingerprint density at radius 1 is 1.14 bits per heavy atom. The minimum Gasteiger partial charge on any atom is -0.393 e. The summed E-state index contributed by atoms with van der Waals surface area (Å²) >= 11 is 0. The zero-order valence-electron chi connectivity index (χ0n) is 14.5. The average molecular weight is 294 g/mol. The summed E-state index contributed by atoms with van der Waals surface area (Å²) in [5.41, 5.74) is -0.348. The van der Waals surface area contributed by atoms with E-state index in [-0.39, 0.29) is 12.0 Å². The van der Waals surface area contributed by atoms with Gasteiger partial charge in [0.1, 0.15) is 0 Å². The first-order chi connectivity index (χ1) is 9.66. The molecule has 6 atom stereocenters. The number of hydrogen-bond acceptors (Lipinski definition) is 2. The second kappa shape index (κ2) is 6.04. The SMILES string of the molecule is C[C@H](/C=C/[C@H](C)[C@H]1CCC2C(O)CCC[C@@]21C)C(C)(C)O. The van der Waals surface area contributed by atoms with Crippen molar-refractivity contribution in [3.05, 3.63) is 12.2 Å². The molecule has 2 nitrogen and oxygen atoms in total. The zero-order valence-corrected chi connectivity index (χ0v) is 14.5. The third-order valence-corrected chi connectivity index (χ3v) is 6.61. The molecule has 0 aromatic rings. The van der Waals surface area contributed by atoms with Crippen LogP contribution in [-0.2, 0) is 0 Å². The van der Waals surface area contributed by atoms with Crippen LogP contribution >= 0.6 is 0 Å². The van der Waals surface area contributed by atoms with Crippen LogP contribution in [0.4, 0.5) is 0 Å². The zero-order chi connectivity index (χ0) is 15.8. The number of allylic oxidation sites excluding steroid dienone is 1. The summed E-state index contributed by atoms with van der Waals surface area (Å²) in [6.45, 7) is 10.5. The van der Waals surface area contributed by atoms with E-state index >= 15 is 0 Å². The molecule has 2 aliphatic rings. The van der Waals surface area contributed by atoms with E-state index in [0.717, 1.165) is 6.42 Å². The van der Waals surface area contributed by atoms with Crippen LogP contribution in [-0.4, -0.2) is 21.9 Å². The number of hydrogen-bond donors (Lipinski definition) is 2. The molecular formula is C19H34O2. The molecule has 0 spiro atoms. The number of aliphatic hydroxyl groups excluding tert-OH is 1. The highest BCUT2D eigenvalue weighted by Crippen LogP contribution is 2.57. The normalized spacial score (nSPS) is 40.2. The molecule has 0 aromatic carbocycles. The van der Waals surface area contributed by atoms with Crippen molar-refractivity contribution in [2.75, 3.05) is 0 Å². The van der Waals surface area contributed by atoms with Gasteiger partial charge < -0.3 is 10.2 Å². The quantitative estimate of drug-likeness (QED) is 0.764. The lowest BCUT2D eigenvalue weighted by molar-refractivity contribution is -0.0232. The Bertz CT molecular complexity index is 382. The monoisotopic (exact) mass is 294 g/mol. The van der Waals surface area contributed by atoms with E-state index in [1.807, 2.05) is 13.8 Å². The lowest BCUT2D eigenvalue weighted by Gasteiger charge is -2.44. The first-order valence-corrected chi connectivity index (χ1v) is 8.75. The van der Waals surface area contributed by atoms with Crippen molar-refractivity contribution in [3.8, 4) is 0 Å². The van der Waals surface area contributed by atoms with E-state index in [1.165, 1.54) is 25.7 Å². The largest absolute Gasteiger partial charge is 0.393 e. The average Bonchev–Trinajstić information content (AvgIpc) is 2.73. The maximum absolute atomic E-state index is 10.3. The van der Waals surface area contributed by atoms with Crippen LogP contribution in [0.3, 0.4) is 0 Å². The summed E-state index contributed by atoms with van der Waals surface area (Å²) in [5, 5.41) is 20.4. The maximum Gasteiger partial charge on any atom is 0.0651 e. The van der Waals surface area contributed by atoms with Crippen LogP contribution < -0.4 is 0 Å². The van der Waals surface area contributed by atoms with E-state index in [2.05, 4.69) is 32.9 Å². The van der Waals surface area contributed by atoms with E-state index in [9.17, 15) is 10.2 Å². The Kier molecular flexibility index (Phi) is 4.90. The highest BCUT2D eigenvalue weighted by molar-refractivity contribution is 5.06. The number of fused-ring (bicyclic) bond motifs is 1. The fraction of sp³-hybridized carbons (Fsp3) is 0.895. The number of aliphatic hydroxyl groups is 2. The van der Waals surface area contributed by atoms with Crippen LogP contribution in [0.5, 0.6) is 0 Å². The molecular weight excluding hydrogens is 260 g/mol. The molecule has 0 heterocycles. The van der Waals surface area contributed by atoms with Gasteiger partial charge in [0.15, 0.2) is 0 Å². The van der Waals surface area contributed by atoms with Gasteiger partial charge >= 0.3 is 0 Å². The Morgan fingerprint density at radius 3 is 2.43 bits per heavy atom. The van der Waals surface area contributed by atoms with Crippen LogP contribution in [0, 0.1) is 29.1 Å². The van der Waals surface area contributed by atoms with Crippen molar-refractivity contribution in [1.29, 1.82) is 0 Å². The van der Waals surface area contributed by atoms with Gasteiger partial charge in [0.2, 0.25) is 0 Å². The van der Waals surface area contributed by atoms with Crippen LogP contribution in [0.1, 0.15) is 66.7 Å². The standard InChI is InChI=1S/C19H34O2/c1-13(8-9-14(2)18(3,4)21)15-10-11-16-17(20)7-6-12-19(15,16)5/h8-9,13-17,20-21H,6-7,10-12H2,1-5H3/b9-8+/t13-,14+,15+,16?,17?,19+/m0/s1. The Hall–Kier alpha value is -0.340. The van der Waals surface area contributed by atoms with Crippen LogP contribution in [0.25, 0.3) is 0 Å². The molecule has 2 rings (SSSR count). The van der Waals surface area contributed by atoms with Gasteiger partial charge in [-0.3, -0.25) is 0 Å². The molecule has 0 bridgehead atoms. The first kappa shape index (κ1) is 17.0. The van der Waals surface area contributed by atoms with Crippen molar-refractivity contribution in [1.82, 2.24) is 0 Å². The van der Waals surface area contributed by atoms with E-state index in [4.69, 9.17) is 0 Å². The molecule has 0 saturated heterocycles. The maximum atomic E-state index is 10.3. The summed E-state index contributed by atoms with van der Waals surface area (Å²) in [6.07, 6.45) is 10.2. The lowest BCUT2D eigenvalue weighted by Crippen LogP contribution is -2.41. The van der Waals surface area contributed by atoms with Gasteiger partial charge in [-0.15, -0.1) is 0 Å². The summed E-state index contributed by atoms with van der Waals surface area (Å²) in [4.78, 5) is 0. The topological polar surface area (TPSA) is 40.5 Å². The van der Waals surface area contributed by atoms with E-state index < -0.39 is 5.60 Å². The Labute approximate surface area is 130 Å². The highest BCUT2D eigenvalue weighted by Gasteiger charge is 2.51. The predicted molar refractivity (Wildman–Crippen MR) is 87.9 cm³/mol. The Balaban J connectivity index is 2.06. The number of rotatable bonds is 4. The van der Waals surface area contributed by atoms with Crippen LogP contribution in [0.2, 0.25) is 0 Å². The third kappa shape index (κ3) is 3.37. The van der Waals surface area contributed by atoms with E-state index in [0.29, 0.717) is 23.2 Å². The summed E-state index contributed by atoms with van der Waals surface area (Å²) in [6, 6.07) is 0. The van der Waals surface area contributed by atoms with Gasteiger partial charge in [-0.1, -0.05) is 39.3 Å². The third-order valence-electron chi connectivity index (χ3n) is 6.61. The molecule has 2 heteroatoms. The van der Waals surface area contributed by atoms with Crippen molar-refractivity contribution >= 4 is 0 Å². The second-order valence-corrected chi connectivity index (χ2v) is 8.44. The van der Waals surface area contributed by atoms with Crippen molar-refractivity contribution in [2.24, 2.45) is 29.1 Å². The molecule has 2 aliphatic carbocycles. The second-order valence-electron chi connectivity index (χ2n) is 8.44. The van der Waals surface area contributed by atoms with Crippen molar-refractivity contribution in [3.63, 3.8) is 0 Å². The molecule has 0 aromatic heterocycles. The molecule has 21 heavy (non-hydrogen) atoms. The molecule has 122 valence electrons. The molecule has 0 radical (unpaired) electrons. The molecule has 2 saturated carbocycles. The predicted octanol–water partition coefficient (Wildman–Crippen LogP) is 4.16. The van der Waals surface area contributed by atoms with Crippen molar-refractivity contribution < 1.29 is 10.2 Å². The van der Waals surface area contributed by atoms with Gasteiger partial charge in [-0.05, 0) is 62.7 Å². The molecule has 2 fully saturated rings. The van der Waals surface area contributed by atoms with E-state index in [1.54, 1.807) is 0 Å². The van der Waals surface area contributed by atoms with Gasteiger partial charge in [0, 0.05) is 5.92 Å². The molecule has 2 unspecified atom stereocenters. The molecule has 0 aliphatic heterocycles. The Morgan fingerprint density at radius 2 is 1.81 bits per heavy atom. The van der Waals surface area contributed by atoms with Crippen LogP contribution in [0.15, 0.2) is 12.2 Å². The minimum absolute atomic E-state index is 0.0831. The van der Waals surface area contributed by atoms with Gasteiger partial charge in [0.05, 0.1) is 11.7 Å². The summed E-state index contributed by atoms with van der Waals surface area (Å²) in [7, 11) is 0.